The van der Waals surface area contributed by atoms with Crippen molar-refractivity contribution < 1.29 is 18.3 Å². The highest BCUT2D eigenvalue weighted by molar-refractivity contribution is 6.30. The Morgan fingerprint density at radius 2 is 2.10 bits per heavy atom. The molecule has 1 saturated heterocycles. The number of nitrogens with zero attached hydrogens (tertiary/aromatic N) is 2. The van der Waals surface area contributed by atoms with E-state index in [1.54, 1.807) is 13.1 Å². The molecule has 0 bridgehead atoms. The van der Waals surface area contributed by atoms with Crippen LogP contribution in [0, 0.1) is 5.92 Å². The second-order valence-electron chi connectivity index (χ2n) is 7.45. The zero-order chi connectivity index (χ0) is 20.8. The van der Waals surface area contributed by atoms with Crippen LogP contribution < -0.4 is 15.4 Å². The van der Waals surface area contributed by atoms with Gasteiger partial charge in [-0.2, -0.15) is 8.78 Å². The molecule has 1 aromatic rings. The molecule has 160 valence electrons. The van der Waals surface area contributed by atoms with E-state index in [1.165, 1.54) is 12.1 Å². The average molecular weight is 429 g/mol. The molecule has 1 heterocycles. The molecule has 2 fully saturated rings. The monoisotopic (exact) mass is 428 g/mol. The number of likely N-dealkylation sites (tertiary alicyclic amines) is 1. The number of guanidine groups is 1. The molecule has 1 aliphatic carbocycles. The van der Waals surface area contributed by atoms with Gasteiger partial charge in [-0.25, -0.2) is 0 Å². The summed E-state index contributed by atoms with van der Waals surface area (Å²) in [6.45, 7) is -1.30. The van der Waals surface area contributed by atoms with E-state index in [0.717, 1.165) is 38.6 Å². The molecule has 6 nitrogen and oxygen atoms in total. The molecule has 1 unspecified atom stereocenters. The van der Waals surface area contributed by atoms with Gasteiger partial charge in [0.25, 0.3) is 0 Å². The van der Waals surface area contributed by atoms with E-state index in [1.807, 2.05) is 4.90 Å². The van der Waals surface area contributed by atoms with Gasteiger partial charge in [-0.3, -0.25) is 9.79 Å². The van der Waals surface area contributed by atoms with Crippen LogP contribution in [0.1, 0.15) is 37.7 Å². The highest BCUT2D eigenvalue weighted by atomic mass is 35.5. The third kappa shape index (κ3) is 5.95. The lowest BCUT2D eigenvalue weighted by Gasteiger charge is -2.21. The topological polar surface area (TPSA) is 66.0 Å². The molecule has 1 aromatic carbocycles. The Kier molecular flexibility index (Phi) is 7.52. The summed E-state index contributed by atoms with van der Waals surface area (Å²) in [6.07, 6.45) is 5.13. The van der Waals surface area contributed by atoms with Crippen LogP contribution in [-0.2, 0) is 11.3 Å². The number of rotatable bonds is 6. The highest BCUT2D eigenvalue weighted by Crippen LogP contribution is 2.28. The van der Waals surface area contributed by atoms with E-state index in [9.17, 15) is 13.6 Å². The van der Waals surface area contributed by atoms with E-state index in [4.69, 9.17) is 11.6 Å². The Morgan fingerprint density at radius 3 is 2.79 bits per heavy atom. The number of ether oxygens (including phenoxy) is 1. The minimum Gasteiger partial charge on any atom is -0.434 e. The summed E-state index contributed by atoms with van der Waals surface area (Å²) >= 11 is 5.99. The van der Waals surface area contributed by atoms with Crippen LogP contribution in [0.15, 0.2) is 23.2 Å². The van der Waals surface area contributed by atoms with E-state index < -0.39 is 6.61 Å². The lowest BCUT2D eigenvalue weighted by molar-refractivity contribution is -0.134. The Balaban J connectivity index is 1.53. The van der Waals surface area contributed by atoms with Gasteiger partial charge >= 0.3 is 6.61 Å². The summed E-state index contributed by atoms with van der Waals surface area (Å²) in [4.78, 5) is 18.7. The number of amides is 1. The maximum atomic E-state index is 12.6. The number of carbonyl (C=O) groups is 1. The summed E-state index contributed by atoms with van der Waals surface area (Å²) in [5.74, 6) is 1.06. The number of hydrogen-bond acceptors (Lipinski definition) is 3. The second-order valence-corrected chi connectivity index (χ2v) is 7.89. The molecule has 1 saturated carbocycles. The van der Waals surface area contributed by atoms with Gasteiger partial charge in [-0.15, -0.1) is 0 Å². The van der Waals surface area contributed by atoms with Crippen LogP contribution >= 0.6 is 11.6 Å². The van der Waals surface area contributed by atoms with Gasteiger partial charge in [-0.1, -0.05) is 24.4 Å². The van der Waals surface area contributed by atoms with Crippen LogP contribution in [0.2, 0.25) is 5.02 Å². The molecule has 3 rings (SSSR count). The van der Waals surface area contributed by atoms with Crippen LogP contribution in [-0.4, -0.2) is 49.6 Å². The quantitative estimate of drug-likeness (QED) is 0.538. The normalized spacial score (nSPS) is 20.4. The summed E-state index contributed by atoms with van der Waals surface area (Å²) in [7, 11) is 1.64. The van der Waals surface area contributed by atoms with Crippen molar-refractivity contribution in [1.29, 1.82) is 0 Å². The van der Waals surface area contributed by atoms with Crippen molar-refractivity contribution >= 4 is 23.5 Å². The first-order valence-corrected chi connectivity index (χ1v) is 10.3. The van der Waals surface area contributed by atoms with Gasteiger partial charge < -0.3 is 20.3 Å². The molecule has 0 aromatic heterocycles. The SMILES string of the molecule is CN=C(NCc1cc(Cl)ccc1OC(F)F)NC1CCN(C(=O)C2CCCC2)C1. The molecule has 2 aliphatic rings. The van der Waals surface area contributed by atoms with Crippen molar-refractivity contribution in [3.63, 3.8) is 0 Å². The Labute approximate surface area is 174 Å². The van der Waals surface area contributed by atoms with Crippen molar-refractivity contribution in [2.24, 2.45) is 10.9 Å². The largest absolute Gasteiger partial charge is 0.434 e. The molecule has 29 heavy (non-hydrogen) atoms. The first-order chi connectivity index (χ1) is 14.0. The Morgan fingerprint density at radius 1 is 1.34 bits per heavy atom. The van der Waals surface area contributed by atoms with Crippen molar-refractivity contribution in [3.05, 3.63) is 28.8 Å². The smallest absolute Gasteiger partial charge is 0.387 e. The molecular formula is C20H27ClF2N4O2. The maximum absolute atomic E-state index is 12.6. The van der Waals surface area contributed by atoms with Crippen molar-refractivity contribution in [3.8, 4) is 5.75 Å². The fourth-order valence-electron chi connectivity index (χ4n) is 3.97. The first-order valence-electron chi connectivity index (χ1n) is 9.95. The Bertz CT molecular complexity index is 741. The maximum Gasteiger partial charge on any atom is 0.387 e. The molecule has 9 heteroatoms. The summed E-state index contributed by atoms with van der Waals surface area (Å²) in [6, 6.07) is 4.61. The van der Waals surface area contributed by atoms with Gasteiger partial charge in [0.05, 0.1) is 0 Å². The third-order valence-corrected chi connectivity index (χ3v) is 5.69. The van der Waals surface area contributed by atoms with E-state index in [-0.39, 0.29) is 30.2 Å². The lowest BCUT2D eigenvalue weighted by Crippen LogP contribution is -2.45. The first kappa shape index (κ1) is 21.6. The number of nitrogens with one attached hydrogen (secondary N) is 2. The third-order valence-electron chi connectivity index (χ3n) is 5.45. The highest BCUT2D eigenvalue weighted by Gasteiger charge is 2.32. The molecule has 0 spiro atoms. The van der Waals surface area contributed by atoms with Gasteiger partial charge in [0.1, 0.15) is 5.75 Å². The molecule has 0 radical (unpaired) electrons. The predicted octanol–water partition coefficient (Wildman–Crippen LogP) is 3.40. The molecule has 1 amide bonds. The van der Waals surface area contributed by atoms with E-state index in [2.05, 4.69) is 20.4 Å². The van der Waals surface area contributed by atoms with Crippen LogP contribution in [0.5, 0.6) is 5.75 Å². The fraction of sp³-hybridized carbons (Fsp3) is 0.600. The number of aliphatic imine (C=N–C) groups is 1. The summed E-state index contributed by atoms with van der Waals surface area (Å²) < 4.78 is 29.8. The summed E-state index contributed by atoms with van der Waals surface area (Å²) in [5, 5.41) is 6.85. The number of halogens is 3. The second kappa shape index (κ2) is 10.1. The van der Waals surface area contributed by atoms with E-state index >= 15 is 0 Å². The molecule has 1 aliphatic heterocycles. The van der Waals surface area contributed by atoms with Gasteiger partial charge in [0.2, 0.25) is 5.91 Å². The van der Waals surface area contributed by atoms with Crippen LogP contribution in [0.25, 0.3) is 0 Å². The van der Waals surface area contributed by atoms with Gasteiger partial charge in [0, 0.05) is 49.2 Å². The van der Waals surface area contributed by atoms with Crippen LogP contribution in [0.3, 0.4) is 0 Å². The summed E-state index contributed by atoms with van der Waals surface area (Å²) in [5.41, 5.74) is 0.505. The van der Waals surface area contributed by atoms with E-state index in [0.29, 0.717) is 23.1 Å². The zero-order valence-electron chi connectivity index (χ0n) is 16.5. The van der Waals surface area contributed by atoms with Crippen LogP contribution in [0.4, 0.5) is 8.78 Å². The van der Waals surface area contributed by atoms with Crippen molar-refractivity contribution in [1.82, 2.24) is 15.5 Å². The van der Waals surface area contributed by atoms with Gasteiger partial charge in [0.15, 0.2) is 5.96 Å². The predicted molar refractivity (Wildman–Crippen MR) is 108 cm³/mol. The average Bonchev–Trinajstić information content (AvgIpc) is 3.38. The number of hydrogen-bond donors (Lipinski definition) is 2. The van der Waals surface area contributed by atoms with Crippen molar-refractivity contribution in [2.45, 2.75) is 51.3 Å². The number of alkyl halides is 2. The molecule has 1 atom stereocenters. The van der Waals surface area contributed by atoms with Gasteiger partial charge in [-0.05, 0) is 37.5 Å². The Hall–Kier alpha value is -2.09. The zero-order valence-corrected chi connectivity index (χ0v) is 17.2. The lowest BCUT2D eigenvalue weighted by atomic mass is 10.1. The van der Waals surface area contributed by atoms with Crippen molar-refractivity contribution in [2.75, 3.05) is 20.1 Å². The molecule has 2 N–H and O–H groups in total. The molecular weight excluding hydrogens is 402 g/mol. The minimum absolute atomic E-state index is 0.0709. The number of carbonyl (C=O) groups excluding carboxylic acids is 1. The standard InChI is InChI=1S/C20H27ClF2N4O2/c1-24-20(25-11-14-10-15(21)6-7-17(14)29-19(22)23)26-16-8-9-27(12-16)18(28)13-4-2-3-5-13/h6-7,10,13,16,19H,2-5,8-9,11-12H2,1H3,(H2,24,25,26). The number of benzene rings is 1. The minimum atomic E-state index is -2.91. The fourth-order valence-corrected chi connectivity index (χ4v) is 4.17.